The van der Waals surface area contributed by atoms with Gasteiger partial charge >= 0.3 is 0 Å². The molecule has 0 heterocycles. The van der Waals surface area contributed by atoms with Crippen LogP contribution in [0.1, 0.15) is 53.1 Å². The summed E-state index contributed by atoms with van der Waals surface area (Å²) < 4.78 is 0. The molecule has 2 aromatic carbocycles. The molecule has 0 N–H and O–H groups in total. The van der Waals surface area contributed by atoms with Crippen molar-refractivity contribution in [2.75, 3.05) is 5.33 Å². The van der Waals surface area contributed by atoms with Crippen LogP contribution in [-0.4, -0.2) is 16.8 Å². The lowest BCUT2D eigenvalue weighted by Crippen LogP contribution is -2.14. The molecular formula is C24H31BrN2. The van der Waals surface area contributed by atoms with E-state index in [1.54, 1.807) is 0 Å². The van der Waals surface area contributed by atoms with Gasteiger partial charge in [0.2, 0.25) is 0 Å². The maximum atomic E-state index is 5.09. The van der Waals surface area contributed by atoms with Crippen LogP contribution >= 0.6 is 15.9 Å². The van der Waals surface area contributed by atoms with E-state index in [9.17, 15) is 0 Å². The molecule has 27 heavy (non-hydrogen) atoms. The lowest BCUT2D eigenvalue weighted by molar-refractivity contribution is 1.22. The molecule has 0 amide bonds. The third-order valence-electron chi connectivity index (χ3n) is 4.76. The van der Waals surface area contributed by atoms with Gasteiger partial charge in [-0.15, -0.1) is 0 Å². The maximum Gasteiger partial charge on any atom is 0.0692 e. The molecule has 0 saturated carbocycles. The quantitative estimate of drug-likeness (QED) is 0.335. The highest BCUT2D eigenvalue weighted by molar-refractivity contribution is 9.09. The zero-order chi connectivity index (χ0) is 20.1. The highest BCUT2D eigenvalue weighted by Gasteiger charge is 2.12. The van der Waals surface area contributed by atoms with Crippen molar-refractivity contribution in [3.63, 3.8) is 0 Å². The van der Waals surface area contributed by atoms with E-state index in [1.807, 2.05) is 0 Å². The van der Waals surface area contributed by atoms with Gasteiger partial charge in [0.1, 0.15) is 0 Å². The van der Waals surface area contributed by atoms with E-state index < -0.39 is 0 Å². The molecule has 3 heteroatoms. The molecule has 0 radical (unpaired) electrons. The van der Waals surface area contributed by atoms with Crippen LogP contribution in [0.3, 0.4) is 0 Å². The van der Waals surface area contributed by atoms with Gasteiger partial charge in [0.05, 0.1) is 22.8 Å². The van der Waals surface area contributed by atoms with Gasteiger partial charge in [-0.3, -0.25) is 9.98 Å². The maximum absolute atomic E-state index is 5.09. The van der Waals surface area contributed by atoms with Gasteiger partial charge in [0.15, 0.2) is 0 Å². The van der Waals surface area contributed by atoms with Crippen molar-refractivity contribution in [2.45, 2.75) is 61.3 Å². The molecule has 0 spiro atoms. The molecule has 0 fully saturated rings. The van der Waals surface area contributed by atoms with Gasteiger partial charge in [0.25, 0.3) is 0 Å². The molecule has 0 atom stereocenters. The molecule has 0 unspecified atom stereocenters. The summed E-state index contributed by atoms with van der Waals surface area (Å²) in [5.41, 5.74) is 11.7. The van der Waals surface area contributed by atoms with Crippen molar-refractivity contribution in [2.24, 2.45) is 9.98 Å². The average molecular weight is 427 g/mol. The van der Waals surface area contributed by atoms with Crippen LogP contribution in [0, 0.1) is 41.5 Å². The summed E-state index contributed by atoms with van der Waals surface area (Å²) >= 11 is 3.60. The summed E-state index contributed by atoms with van der Waals surface area (Å²) in [7, 11) is 0. The van der Waals surface area contributed by atoms with Crippen LogP contribution in [0.15, 0.2) is 34.3 Å². The normalized spacial score (nSPS) is 12.6. The summed E-state index contributed by atoms with van der Waals surface area (Å²) in [5, 5.41) is 0.876. The van der Waals surface area contributed by atoms with Gasteiger partial charge in [-0.1, -0.05) is 58.2 Å². The first-order valence-corrected chi connectivity index (χ1v) is 10.8. The Hall–Kier alpha value is -1.74. The molecule has 2 nitrogen and oxygen atoms in total. The predicted octanol–water partition coefficient (Wildman–Crippen LogP) is 7.58. The van der Waals surface area contributed by atoms with Crippen LogP contribution in [0.4, 0.5) is 11.4 Å². The van der Waals surface area contributed by atoms with Crippen LogP contribution in [0.25, 0.3) is 0 Å². The summed E-state index contributed by atoms with van der Waals surface area (Å²) in [5.74, 6) is 0. The van der Waals surface area contributed by atoms with Gasteiger partial charge in [-0.05, 0) is 70.2 Å². The summed E-state index contributed by atoms with van der Waals surface area (Å²) in [4.78, 5) is 10.2. The lowest BCUT2D eigenvalue weighted by atomic mass is 10.0. The summed E-state index contributed by atoms with van der Waals surface area (Å²) in [6, 6.07) is 8.81. The fraction of sp³-hybridized carbons (Fsp3) is 0.417. The smallest absolute Gasteiger partial charge is 0.0692 e. The highest BCUT2D eigenvalue weighted by Crippen LogP contribution is 2.28. The number of rotatable bonds is 6. The number of aliphatic imine (C=N–C) groups is 2. The van der Waals surface area contributed by atoms with Crippen molar-refractivity contribution in [3.05, 3.63) is 57.6 Å². The second-order valence-electron chi connectivity index (χ2n) is 7.40. The van der Waals surface area contributed by atoms with Crippen molar-refractivity contribution in [3.8, 4) is 0 Å². The number of aryl methyl sites for hydroxylation is 6. The Kier molecular flexibility index (Phi) is 7.55. The number of halogens is 1. The van der Waals surface area contributed by atoms with Gasteiger partial charge in [0, 0.05) is 11.8 Å². The molecule has 2 rings (SSSR count). The van der Waals surface area contributed by atoms with Crippen molar-refractivity contribution >= 4 is 38.7 Å². The monoisotopic (exact) mass is 426 g/mol. The largest absolute Gasteiger partial charge is 0.251 e. The van der Waals surface area contributed by atoms with Crippen LogP contribution < -0.4 is 0 Å². The Morgan fingerprint density at radius 1 is 0.704 bits per heavy atom. The minimum atomic E-state index is 0.864. The fourth-order valence-corrected chi connectivity index (χ4v) is 4.04. The third-order valence-corrected chi connectivity index (χ3v) is 5.16. The van der Waals surface area contributed by atoms with Crippen LogP contribution in [0.2, 0.25) is 0 Å². The lowest BCUT2D eigenvalue weighted by Gasteiger charge is -2.13. The van der Waals surface area contributed by atoms with Crippen LogP contribution in [-0.2, 0) is 0 Å². The molecule has 0 bridgehead atoms. The summed E-state index contributed by atoms with van der Waals surface area (Å²) in [6.07, 6.45) is 1.73. The Bertz CT molecular complexity index is 845. The van der Waals surface area contributed by atoms with E-state index in [0.717, 1.165) is 41.0 Å². The fourth-order valence-electron chi connectivity index (χ4n) is 3.67. The standard InChI is InChI=1S/C24H31BrN2/c1-8-21(26-23-17(4)11-15(2)12-18(23)5)22(9-10-25)27-24-19(6)13-16(3)14-20(24)7/h11-14H,8-10H2,1-7H3. The van der Waals surface area contributed by atoms with Gasteiger partial charge in [-0.2, -0.15) is 0 Å². The first kappa shape index (κ1) is 21.6. The van der Waals surface area contributed by atoms with Crippen molar-refractivity contribution < 1.29 is 0 Å². The molecule has 0 aliphatic heterocycles. The molecule has 0 aromatic heterocycles. The molecule has 0 aliphatic carbocycles. The SMILES string of the molecule is CCC(=Nc1c(C)cc(C)cc1C)C(CCBr)=Nc1c(C)cc(C)cc1C. The number of nitrogens with zero attached hydrogens (tertiary/aromatic N) is 2. The van der Waals surface area contributed by atoms with E-state index in [1.165, 1.54) is 33.4 Å². The minimum Gasteiger partial charge on any atom is -0.251 e. The molecule has 144 valence electrons. The Labute approximate surface area is 173 Å². The highest BCUT2D eigenvalue weighted by atomic mass is 79.9. The second-order valence-corrected chi connectivity index (χ2v) is 8.20. The zero-order valence-electron chi connectivity index (χ0n) is 17.7. The zero-order valence-corrected chi connectivity index (χ0v) is 19.3. The van der Waals surface area contributed by atoms with E-state index in [4.69, 9.17) is 9.98 Å². The third kappa shape index (κ3) is 5.38. The first-order chi connectivity index (χ1) is 12.8. The number of hydrogen-bond acceptors (Lipinski definition) is 2. The minimum absolute atomic E-state index is 0.864. The molecular weight excluding hydrogens is 396 g/mol. The first-order valence-electron chi connectivity index (χ1n) is 9.64. The van der Waals surface area contributed by atoms with Crippen LogP contribution in [0.5, 0.6) is 0 Å². The Balaban J connectivity index is 2.60. The number of benzene rings is 2. The number of alkyl halides is 1. The van der Waals surface area contributed by atoms with E-state index in [0.29, 0.717) is 0 Å². The van der Waals surface area contributed by atoms with E-state index >= 15 is 0 Å². The number of hydrogen-bond donors (Lipinski definition) is 0. The van der Waals surface area contributed by atoms with E-state index in [-0.39, 0.29) is 0 Å². The van der Waals surface area contributed by atoms with Gasteiger partial charge < -0.3 is 0 Å². The Morgan fingerprint density at radius 3 is 1.41 bits per heavy atom. The topological polar surface area (TPSA) is 24.7 Å². The van der Waals surface area contributed by atoms with Crippen molar-refractivity contribution in [1.29, 1.82) is 0 Å². The summed E-state index contributed by atoms with van der Waals surface area (Å²) in [6.45, 7) is 15.0. The predicted molar refractivity (Wildman–Crippen MR) is 124 cm³/mol. The van der Waals surface area contributed by atoms with Crippen molar-refractivity contribution in [1.82, 2.24) is 0 Å². The molecule has 0 saturated heterocycles. The molecule has 0 aliphatic rings. The van der Waals surface area contributed by atoms with Gasteiger partial charge in [-0.25, -0.2) is 0 Å². The second kappa shape index (κ2) is 9.45. The average Bonchev–Trinajstić information content (AvgIpc) is 2.56. The van der Waals surface area contributed by atoms with E-state index in [2.05, 4.69) is 88.7 Å². The Morgan fingerprint density at radius 2 is 1.07 bits per heavy atom. The molecule has 2 aromatic rings.